The number of carbonyl (C=O) groups is 5. The Morgan fingerprint density at radius 1 is 0.571 bits per heavy atom. The SMILES string of the molecule is C=CC(=O)NC(COCCC(=O)NCCOCCOCCC(N)=O)COCCC(=O)NCCOCCOCCC(N)=O. The summed E-state index contributed by atoms with van der Waals surface area (Å²) in [5, 5.41) is 8.07. The van der Waals surface area contributed by atoms with Gasteiger partial charge in [0.1, 0.15) is 0 Å². The van der Waals surface area contributed by atoms with Crippen molar-refractivity contribution in [1.82, 2.24) is 16.0 Å². The van der Waals surface area contributed by atoms with E-state index in [1.807, 2.05) is 0 Å². The van der Waals surface area contributed by atoms with Crippen LogP contribution in [0.4, 0.5) is 0 Å². The molecule has 16 nitrogen and oxygen atoms in total. The number of nitrogens with one attached hydrogen (secondary N) is 3. The van der Waals surface area contributed by atoms with Crippen LogP contribution in [-0.4, -0.2) is 128 Å². The van der Waals surface area contributed by atoms with E-state index in [0.29, 0.717) is 52.7 Å². The lowest BCUT2D eigenvalue weighted by atomic mass is 10.3. The highest BCUT2D eigenvalue weighted by Crippen LogP contribution is 1.94. The predicted octanol–water partition coefficient (Wildman–Crippen LogP) is -2.48. The van der Waals surface area contributed by atoms with Gasteiger partial charge in [-0.25, -0.2) is 0 Å². The first kappa shape index (κ1) is 38.9. The summed E-state index contributed by atoms with van der Waals surface area (Å²) in [4.78, 5) is 56.7. The third-order valence-electron chi connectivity index (χ3n) is 4.98. The third-order valence-corrected chi connectivity index (χ3v) is 4.98. The van der Waals surface area contributed by atoms with Gasteiger partial charge in [0, 0.05) is 38.8 Å². The molecule has 0 saturated carbocycles. The minimum absolute atomic E-state index is 0.0987. The molecule has 0 aliphatic rings. The summed E-state index contributed by atoms with van der Waals surface area (Å²) < 4.78 is 32.0. The fourth-order valence-corrected chi connectivity index (χ4v) is 2.86. The molecule has 7 N–H and O–H groups in total. The average Bonchev–Trinajstić information content (AvgIpc) is 2.95. The first-order chi connectivity index (χ1) is 20.2. The maximum Gasteiger partial charge on any atom is 0.243 e. The van der Waals surface area contributed by atoms with Crippen molar-refractivity contribution >= 4 is 29.5 Å². The molecule has 0 heterocycles. The molecule has 0 aliphatic heterocycles. The van der Waals surface area contributed by atoms with Crippen molar-refractivity contribution in [3.8, 4) is 0 Å². The molecule has 0 aromatic heterocycles. The van der Waals surface area contributed by atoms with Gasteiger partial charge in [-0.3, -0.25) is 24.0 Å². The van der Waals surface area contributed by atoms with Crippen molar-refractivity contribution in [2.75, 3.05) is 92.4 Å². The number of hydrogen-bond donors (Lipinski definition) is 5. The zero-order valence-corrected chi connectivity index (χ0v) is 24.2. The summed E-state index contributed by atoms with van der Waals surface area (Å²) in [6.45, 7) is 6.93. The molecular weight excluding hydrogens is 558 g/mol. The highest BCUT2D eigenvalue weighted by atomic mass is 16.5. The van der Waals surface area contributed by atoms with E-state index in [2.05, 4.69) is 22.5 Å². The molecule has 0 radical (unpaired) electrons. The minimum atomic E-state index is -0.501. The lowest BCUT2D eigenvalue weighted by Crippen LogP contribution is -2.41. The topological polar surface area (TPSA) is 229 Å². The number of carbonyl (C=O) groups excluding carboxylic acids is 5. The van der Waals surface area contributed by atoms with Crippen LogP contribution >= 0.6 is 0 Å². The van der Waals surface area contributed by atoms with Crippen molar-refractivity contribution in [1.29, 1.82) is 0 Å². The second-order valence-corrected chi connectivity index (χ2v) is 8.64. The van der Waals surface area contributed by atoms with Gasteiger partial charge in [-0.15, -0.1) is 0 Å². The summed E-state index contributed by atoms with van der Waals surface area (Å²) >= 11 is 0. The van der Waals surface area contributed by atoms with Crippen molar-refractivity contribution in [3.05, 3.63) is 12.7 Å². The summed E-state index contributed by atoms with van der Waals surface area (Å²) in [5.74, 6) is -1.69. The molecule has 0 fully saturated rings. The van der Waals surface area contributed by atoms with E-state index in [4.69, 9.17) is 39.9 Å². The predicted molar refractivity (Wildman–Crippen MR) is 150 cm³/mol. The Labute approximate surface area is 246 Å². The van der Waals surface area contributed by atoms with E-state index < -0.39 is 23.8 Å². The summed E-state index contributed by atoms with van der Waals surface area (Å²) in [5.41, 5.74) is 10.0. The van der Waals surface area contributed by atoms with Gasteiger partial charge in [0.15, 0.2) is 0 Å². The van der Waals surface area contributed by atoms with E-state index >= 15 is 0 Å². The second-order valence-electron chi connectivity index (χ2n) is 8.64. The van der Waals surface area contributed by atoms with E-state index in [1.165, 1.54) is 0 Å². The summed E-state index contributed by atoms with van der Waals surface area (Å²) in [6.07, 6.45) is 1.67. The van der Waals surface area contributed by atoms with Crippen LogP contribution in [0, 0.1) is 0 Å². The summed E-state index contributed by atoms with van der Waals surface area (Å²) in [6, 6.07) is -0.501. The molecule has 0 spiro atoms. The fourth-order valence-electron chi connectivity index (χ4n) is 2.86. The summed E-state index contributed by atoms with van der Waals surface area (Å²) in [7, 11) is 0. The van der Waals surface area contributed by atoms with Crippen molar-refractivity contribution in [3.63, 3.8) is 0 Å². The molecule has 0 saturated heterocycles. The maximum atomic E-state index is 11.9. The monoisotopic (exact) mass is 605 g/mol. The van der Waals surface area contributed by atoms with E-state index in [0.717, 1.165) is 6.08 Å². The Kier molecular flexibility index (Phi) is 25.9. The van der Waals surface area contributed by atoms with Crippen LogP contribution in [0.15, 0.2) is 12.7 Å². The Hall–Kier alpha value is -3.15. The third kappa shape index (κ3) is 28.4. The maximum absolute atomic E-state index is 11.9. The molecule has 242 valence electrons. The Morgan fingerprint density at radius 2 is 0.952 bits per heavy atom. The van der Waals surface area contributed by atoms with Crippen molar-refractivity contribution in [2.45, 2.75) is 31.7 Å². The van der Waals surface area contributed by atoms with E-state index in [-0.39, 0.29) is 77.1 Å². The number of hydrogen-bond acceptors (Lipinski definition) is 11. The number of amides is 5. The number of nitrogens with two attached hydrogens (primary N) is 2. The average molecular weight is 606 g/mol. The highest BCUT2D eigenvalue weighted by Gasteiger charge is 2.13. The zero-order valence-electron chi connectivity index (χ0n) is 24.2. The largest absolute Gasteiger partial charge is 0.379 e. The van der Waals surface area contributed by atoms with Gasteiger partial charge in [0.25, 0.3) is 0 Å². The molecule has 0 aromatic carbocycles. The van der Waals surface area contributed by atoms with Crippen molar-refractivity contribution < 1.29 is 52.4 Å². The van der Waals surface area contributed by atoms with Crippen LogP contribution in [-0.2, 0) is 52.4 Å². The fraction of sp³-hybridized carbons (Fsp3) is 0.731. The van der Waals surface area contributed by atoms with Crippen LogP contribution in [0.1, 0.15) is 25.7 Å². The Morgan fingerprint density at radius 3 is 1.33 bits per heavy atom. The molecule has 0 atom stereocenters. The van der Waals surface area contributed by atoms with Crippen LogP contribution in [0.5, 0.6) is 0 Å². The first-order valence-electron chi connectivity index (χ1n) is 13.7. The minimum Gasteiger partial charge on any atom is -0.379 e. The molecule has 0 aliphatic carbocycles. The number of rotatable bonds is 30. The number of ether oxygens (including phenoxy) is 6. The van der Waals surface area contributed by atoms with Gasteiger partial charge in [0.2, 0.25) is 29.5 Å². The molecule has 5 amide bonds. The molecule has 16 heteroatoms. The van der Waals surface area contributed by atoms with Gasteiger partial charge < -0.3 is 55.8 Å². The van der Waals surface area contributed by atoms with Gasteiger partial charge in [0.05, 0.1) is 85.3 Å². The van der Waals surface area contributed by atoms with Crippen LogP contribution in [0.2, 0.25) is 0 Å². The van der Waals surface area contributed by atoms with Crippen LogP contribution in [0.25, 0.3) is 0 Å². The standard InChI is InChI=1S/C26H47N5O11/c1-2-24(34)31-21(19-41-11-5-25(35)29-7-13-39-17-15-37-9-3-22(27)32)20-42-12-6-26(36)30-8-14-40-18-16-38-10-4-23(28)33/h2,21H,1,3-20H2,(H2,27,32)(H2,28,33)(H,29,35)(H,30,36)(H,31,34). The zero-order chi connectivity index (χ0) is 31.3. The van der Waals surface area contributed by atoms with Gasteiger partial charge in [-0.1, -0.05) is 6.58 Å². The van der Waals surface area contributed by atoms with Gasteiger partial charge in [-0.2, -0.15) is 0 Å². The van der Waals surface area contributed by atoms with E-state index in [9.17, 15) is 24.0 Å². The number of primary amides is 2. The molecule has 0 rings (SSSR count). The van der Waals surface area contributed by atoms with Crippen LogP contribution < -0.4 is 27.4 Å². The molecule has 42 heavy (non-hydrogen) atoms. The molecule has 0 bridgehead atoms. The second kappa shape index (κ2) is 28.0. The van der Waals surface area contributed by atoms with Crippen molar-refractivity contribution in [2.24, 2.45) is 11.5 Å². The lowest BCUT2D eigenvalue weighted by Gasteiger charge is -2.18. The van der Waals surface area contributed by atoms with E-state index in [1.54, 1.807) is 0 Å². The van der Waals surface area contributed by atoms with Crippen LogP contribution in [0.3, 0.4) is 0 Å². The molecular formula is C26H47N5O11. The quantitative estimate of drug-likeness (QED) is 0.0425. The van der Waals surface area contributed by atoms with Gasteiger partial charge >= 0.3 is 0 Å². The van der Waals surface area contributed by atoms with Gasteiger partial charge in [-0.05, 0) is 6.08 Å². The Balaban J connectivity index is 3.87. The smallest absolute Gasteiger partial charge is 0.243 e. The highest BCUT2D eigenvalue weighted by molar-refractivity contribution is 5.87. The normalized spacial score (nSPS) is 10.8. The molecule has 0 unspecified atom stereocenters. The Bertz CT molecular complexity index is 734. The molecule has 0 aromatic rings. The lowest BCUT2D eigenvalue weighted by molar-refractivity contribution is -0.123. The first-order valence-corrected chi connectivity index (χ1v) is 13.7.